The van der Waals surface area contributed by atoms with Gasteiger partial charge in [0.1, 0.15) is 5.69 Å². The van der Waals surface area contributed by atoms with Crippen LogP contribution in [0.5, 0.6) is 0 Å². The summed E-state index contributed by atoms with van der Waals surface area (Å²) in [7, 11) is 0. The molecule has 1 aromatic heterocycles. The first kappa shape index (κ1) is 17.6. The molecule has 5 nitrogen and oxygen atoms in total. The van der Waals surface area contributed by atoms with Crippen LogP contribution in [0.15, 0.2) is 59.4 Å². The molecule has 0 aliphatic heterocycles. The van der Waals surface area contributed by atoms with E-state index in [2.05, 4.69) is 4.98 Å². The van der Waals surface area contributed by atoms with Gasteiger partial charge in [-0.1, -0.05) is 43.3 Å². The lowest BCUT2D eigenvalue weighted by molar-refractivity contribution is 0.0313. The summed E-state index contributed by atoms with van der Waals surface area (Å²) in [6, 6.07) is 15.3. The van der Waals surface area contributed by atoms with E-state index >= 15 is 0 Å². The lowest BCUT2D eigenvalue weighted by Crippen LogP contribution is -2.25. The number of H-pyrrole nitrogens is 1. The van der Waals surface area contributed by atoms with Gasteiger partial charge in [-0.15, -0.1) is 0 Å². The molecule has 3 aromatic rings. The van der Waals surface area contributed by atoms with Gasteiger partial charge in [-0.3, -0.25) is 9.59 Å². The van der Waals surface area contributed by atoms with Crippen LogP contribution < -0.4 is 5.43 Å². The largest absolute Gasteiger partial charge is 0.450 e. The molecule has 1 N–H and O–H groups in total. The molecule has 0 radical (unpaired) electrons. The summed E-state index contributed by atoms with van der Waals surface area (Å²) in [5.74, 6) is -1.02. The Labute approximate surface area is 150 Å². The number of ketones is 1. The summed E-state index contributed by atoms with van der Waals surface area (Å²) in [6.45, 7) is 3.55. The fraction of sp³-hybridized carbons (Fsp3) is 0.190. The Morgan fingerprint density at radius 2 is 1.77 bits per heavy atom. The molecule has 3 rings (SSSR count). The standard InChI is InChI=1S/C21H19NO4/c1-3-14-8-10-15(11-9-14)20(24)13(2)26-21(25)18-12-19(23)16-6-4-5-7-17(16)22-18/h4-13H,3H2,1-2H3,(H,22,23)/t13-/m1/s1. The molecule has 0 aliphatic rings. The van der Waals surface area contributed by atoms with Gasteiger partial charge in [-0.2, -0.15) is 0 Å². The van der Waals surface area contributed by atoms with Crippen LogP contribution in [0.2, 0.25) is 0 Å². The highest BCUT2D eigenvalue weighted by Gasteiger charge is 2.21. The van der Waals surface area contributed by atoms with Gasteiger partial charge in [0.05, 0.1) is 0 Å². The van der Waals surface area contributed by atoms with E-state index in [1.54, 1.807) is 36.4 Å². The SMILES string of the molecule is CCc1ccc(C(=O)[C@@H](C)OC(=O)c2cc(=O)c3ccccc3[nH]2)cc1. The number of aromatic amines is 1. The molecular weight excluding hydrogens is 330 g/mol. The van der Waals surface area contributed by atoms with Crippen LogP contribution in [0.25, 0.3) is 10.9 Å². The third kappa shape index (κ3) is 3.57. The number of ether oxygens (including phenoxy) is 1. The maximum Gasteiger partial charge on any atom is 0.355 e. The minimum Gasteiger partial charge on any atom is -0.450 e. The van der Waals surface area contributed by atoms with E-state index in [0.29, 0.717) is 16.5 Å². The minimum absolute atomic E-state index is 0.0229. The van der Waals surface area contributed by atoms with Crippen LogP contribution >= 0.6 is 0 Å². The van der Waals surface area contributed by atoms with Crippen molar-refractivity contribution in [2.45, 2.75) is 26.4 Å². The highest BCUT2D eigenvalue weighted by molar-refractivity contribution is 6.01. The molecule has 132 valence electrons. The molecule has 1 heterocycles. The number of aryl methyl sites for hydroxylation is 1. The molecule has 0 saturated heterocycles. The van der Waals surface area contributed by atoms with E-state index < -0.39 is 12.1 Å². The number of esters is 1. The number of fused-ring (bicyclic) bond motifs is 1. The first-order chi connectivity index (χ1) is 12.5. The van der Waals surface area contributed by atoms with Crippen molar-refractivity contribution in [1.29, 1.82) is 0 Å². The third-order valence-electron chi connectivity index (χ3n) is 4.26. The zero-order valence-electron chi connectivity index (χ0n) is 14.6. The van der Waals surface area contributed by atoms with Gasteiger partial charge in [0, 0.05) is 22.5 Å². The van der Waals surface area contributed by atoms with E-state index in [4.69, 9.17) is 4.74 Å². The van der Waals surface area contributed by atoms with E-state index in [1.807, 2.05) is 19.1 Å². The normalized spacial score (nSPS) is 11.9. The zero-order chi connectivity index (χ0) is 18.7. The van der Waals surface area contributed by atoms with E-state index in [1.165, 1.54) is 13.0 Å². The number of aromatic nitrogens is 1. The quantitative estimate of drug-likeness (QED) is 0.565. The predicted molar refractivity (Wildman–Crippen MR) is 99.6 cm³/mol. The Bertz CT molecular complexity index is 1020. The van der Waals surface area contributed by atoms with Crippen LogP contribution in [0, 0.1) is 0 Å². The Balaban J connectivity index is 1.78. The van der Waals surface area contributed by atoms with E-state index in [-0.39, 0.29) is 16.9 Å². The number of hydrogen-bond acceptors (Lipinski definition) is 4. The Kier molecular flexibility index (Phi) is 4.98. The van der Waals surface area contributed by atoms with E-state index in [9.17, 15) is 14.4 Å². The molecule has 0 bridgehead atoms. The van der Waals surface area contributed by atoms with Crippen molar-refractivity contribution in [2.75, 3.05) is 0 Å². The molecule has 1 atom stereocenters. The molecule has 5 heteroatoms. The third-order valence-corrected chi connectivity index (χ3v) is 4.26. The lowest BCUT2D eigenvalue weighted by Gasteiger charge is -2.13. The Morgan fingerprint density at radius 3 is 2.46 bits per heavy atom. The van der Waals surface area contributed by atoms with E-state index in [0.717, 1.165) is 12.0 Å². The number of benzene rings is 2. The molecule has 0 fully saturated rings. The van der Waals surface area contributed by atoms with Crippen molar-refractivity contribution in [3.8, 4) is 0 Å². The van der Waals surface area contributed by atoms with Gasteiger partial charge in [-0.25, -0.2) is 4.79 Å². The predicted octanol–water partition coefficient (Wildman–Crippen LogP) is 3.52. The number of carbonyl (C=O) groups excluding carboxylic acids is 2. The van der Waals surface area contributed by atoms with Crippen LogP contribution in [0.3, 0.4) is 0 Å². The van der Waals surface area contributed by atoms with Gasteiger partial charge in [-0.05, 0) is 31.0 Å². The summed E-state index contributed by atoms with van der Waals surface area (Å²) in [4.78, 5) is 39.8. The number of hydrogen-bond donors (Lipinski definition) is 1. The smallest absolute Gasteiger partial charge is 0.355 e. The highest BCUT2D eigenvalue weighted by Crippen LogP contribution is 2.12. The van der Waals surface area contributed by atoms with Crippen LogP contribution in [0.4, 0.5) is 0 Å². The molecular formula is C21H19NO4. The molecule has 0 amide bonds. The first-order valence-electron chi connectivity index (χ1n) is 8.45. The number of nitrogens with one attached hydrogen (secondary N) is 1. The van der Waals surface area contributed by atoms with Gasteiger partial charge in [0.25, 0.3) is 0 Å². The van der Waals surface area contributed by atoms with Crippen molar-refractivity contribution in [3.63, 3.8) is 0 Å². The molecule has 0 aliphatic carbocycles. The average Bonchev–Trinajstić information content (AvgIpc) is 2.67. The van der Waals surface area contributed by atoms with Crippen molar-refractivity contribution in [1.82, 2.24) is 4.98 Å². The highest BCUT2D eigenvalue weighted by atomic mass is 16.5. The molecule has 0 saturated carbocycles. The van der Waals surface area contributed by atoms with Gasteiger partial charge >= 0.3 is 5.97 Å². The van der Waals surface area contributed by atoms with Crippen LogP contribution in [0.1, 0.15) is 40.3 Å². The minimum atomic E-state index is -0.954. The number of rotatable bonds is 5. The summed E-state index contributed by atoms with van der Waals surface area (Å²) in [5, 5.41) is 0.490. The fourth-order valence-corrected chi connectivity index (χ4v) is 2.72. The zero-order valence-corrected chi connectivity index (χ0v) is 14.6. The van der Waals surface area contributed by atoms with Crippen molar-refractivity contribution in [2.24, 2.45) is 0 Å². The monoisotopic (exact) mass is 349 g/mol. The van der Waals surface area contributed by atoms with Gasteiger partial charge < -0.3 is 9.72 Å². The molecule has 0 unspecified atom stereocenters. The first-order valence-corrected chi connectivity index (χ1v) is 8.45. The van der Waals surface area contributed by atoms with Crippen molar-refractivity contribution < 1.29 is 14.3 Å². The number of para-hydroxylation sites is 1. The van der Waals surface area contributed by atoms with Crippen molar-refractivity contribution >= 4 is 22.7 Å². The second-order valence-corrected chi connectivity index (χ2v) is 6.06. The Hall–Kier alpha value is -3.21. The maximum atomic E-state index is 12.4. The second kappa shape index (κ2) is 7.35. The average molecular weight is 349 g/mol. The maximum absolute atomic E-state index is 12.4. The number of Topliss-reactive ketones (excluding diaryl/α,β-unsaturated/α-hetero) is 1. The molecule has 2 aromatic carbocycles. The number of carbonyl (C=O) groups is 2. The summed E-state index contributed by atoms with van der Waals surface area (Å²) in [5.41, 5.74) is 1.89. The number of pyridine rings is 1. The van der Waals surface area contributed by atoms with Crippen LogP contribution in [-0.4, -0.2) is 22.8 Å². The Morgan fingerprint density at radius 1 is 1.08 bits per heavy atom. The topological polar surface area (TPSA) is 76.2 Å². The van der Waals surface area contributed by atoms with Gasteiger partial charge in [0.15, 0.2) is 11.5 Å². The second-order valence-electron chi connectivity index (χ2n) is 6.06. The van der Waals surface area contributed by atoms with Crippen LogP contribution in [-0.2, 0) is 11.2 Å². The molecule has 0 spiro atoms. The summed E-state index contributed by atoms with van der Waals surface area (Å²) < 4.78 is 5.25. The summed E-state index contributed by atoms with van der Waals surface area (Å²) in [6.07, 6.45) is -0.0705. The summed E-state index contributed by atoms with van der Waals surface area (Å²) >= 11 is 0. The van der Waals surface area contributed by atoms with Crippen molar-refractivity contribution in [3.05, 3.63) is 81.6 Å². The molecule has 26 heavy (non-hydrogen) atoms. The lowest BCUT2D eigenvalue weighted by atomic mass is 10.0. The van der Waals surface area contributed by atoms with Gasteiger partial charge in [0.2, 0.25) is 5.78 Å². The fourth-order valence-electron chi connectivity index (χ4n) is 2.72.